The van der Waals surface area contributed by atoms with E-state index in [-0.39, 0.29) is 11.6 Å². The third kappa shape index (κ3) is 2.02. The lowest BCUT2D eigenvalue weighted by Gasteiger charge is -2.05. The normalized spacial score (nSPS) is 9.62. The number of aromatic hydroxyl groups is 3. The monoisotopic (exact) mass is 183 g/mol. The molecule has 70 valence electrons. The summed E-state index contributed by atoms with van der Waals surface area (Å²) in [5, 5.41) is 29.4. The fourth-order valence-electron chi connectivity index (χ4n) is 0.880. The first-order valence-electron chi connectivity index (χ1n) is 3.53. The van der Waals surface area contributed by atoms with Gasteiger partial charge in [0.1, 0.15) is 0 Å². The molecule has 0 aliphatic heterocycles. The number of benzene rings is 1. The first-order valence-corrected chi connectivity index (χ1v) is 3.53. The molecule has 0 heterocycles. The third-order valence-corrected chi connectivity index (χ3v) is 1.39. The minimum absolute atomic E-state index is 0.223. The zero-order chi connectivity index (χ0) is 10.0. The van der Waals surface area contributed by atoms with Gasteiger partial charge in [-0.25, -0.2) is 0 Å². The summed E-state index contributed by atoms with van der Waals surface area (Å²) in [6.45, 7) is 1.29. The number of amides is 1. The zero-order valence-electron chi connectivity index (χ0n) is 6.90. The van der Waals surface area contributed by atoms with Crippen molar-refractivity contribution in [2.75, 3.05) is 5.32 Å². The fourth-order valence-corrected chi connectivity index (χ4v) is 0.880. The van der Waals surface area contributed by atoms with Gasteiger partial charge in [-0.15, -0.1) is 0 Å². The first kappa shape index (κ1) is 9.18. The summed E-state index contributed by atoms with van der Waals surface area (Å²) < 4.78 is 0. The molecule has 0 aliphatic rings. The van der Waals surface area contributed by atoms with Crippen LogP contribution in [0.25, 0.3) is 0 Å². The number of hydrogen-bond donors (Lipinski definition) is 4. The molecule has 13 heavy (non-hydrogen) atoms. The zero-order valence-corrected chi connectivity index (χ0v) is 6.90. The Morgan fingerprint density at radius 3 is 2.08 bits per heavy atom. The standard InChI is InChI=1S/C8H9NO4/c1-4(10)9-5-2-6(11)8(13)7(12)3-5/h2-3,11-13H,1H3,(H,9,10). The fraction of sp³-hybridized carbons (Fsp3) is 0.125. The number of hydrogen-bond acceptors (Lipinski definition) is 4. The Morgan fingerprint density at radius 2 is 1.69 bits per heavy atom. The van der Waals surface area contributed by atoms with Gasteiger partial charge in [-0.1, -0.05) is 0 Å². The number of carbonyl (C=O) groups excluding carboxylic acids is 1. The Kier molecular flexibility index (Phi) is 2.27. The Balaban J connectivity index is 3.06. The number of phenols is 3. The van der Waals surface area contributed by atoms with E-state index < -0.39 is 17.2 Å². The molecular weight excluding hydrogens is 174 g/mol. The second kappa shape index (κ2) is 3.22. The molecule has 0 fully saturated rings. The van der Waals surface area contributed by atoms with E-state index in [1.54, 1.807) is 0 Å². The summed E-state index contributed by atoms with van der Waals surface area (Å²) >= 11 is 0. The molecule has 1 rings (SSSR count). The lowest BCUT2D eigenvalue weighted by atomic mass is 10.2. The average Bonchev–Trinajstić information content (AvgIpc) is 1.98. The number of phenolic OH excluding ortho intramolecular Hbond substituents is 3. The molecule has 1 aromatic carbocycles. The van der Waals surface area contributed by atoms with Crippen molar-refractivity contribution in [1.82, 2.24) is 0 Å². The van der Waals surface area contributed by atoms with Crippen molar-refractivity contribution in [2.45, 2.75) is 6.92 Å². The van der Waals surface area contributed by atoms with Gasteiger partial charge in [-0.2, -0.15) is 0 Å². The summed E-state index contributed by atoms with van der Waals surface area (Å²) in [5.41, 5.74) is 0.223. The van der Waals surface area contributed by atoms with Gasteiger partial charge in [0.15, 0.2) is 17.2 Å². The van der Waals surface area contributed by atoms with Crippen molar-refractivity contribution >= 4 is 11.6 Å². The highest BCUT2D eigenvalue weighted by Gasteiger charge is 2.08. The van der Waals surface area contributed by atoms with Crippen LogP contribution in [0.3, 0.4) is 0 Å². The summed E-state index contributed by atoms with van der Waals surface area (Å²) in [6.07, 6.45) is 0. The quantitative estimate of drug-likeness (QED) is 0.382. The van der Waals surface area contributed by atoms with Crippen LogP contribution < -0.4 is 5.32 Å². The van der Waals surface area contributed by atoms with E-state index in [9.17, 15) is 4.79 Å². The highest BCUT2D eigenvalue weighted by Crippen LogP contribution is 2.37. The molecule has 4 N–H and O–H groups in total. The van der Waals surface area contributed by atoms with E-state index in [1.807, 2.05) is 0 Å². The molecule has 0 aliphatic carbocycles. The van der Waals surface area contributed by atoms with Crippen molar-refractivity contribution in [3.8, 4) is 17.2 Å². The molecule has 5 heteroatoms. The topological polar surface area (TPSA) is 89.8 Å². The molecule has 0 bridgehead atoms. The van der Waals surface area contributed by atoms with Gasteiger partial charge in [0.25, 0.3) is 0 Å². The maximum atomic E-state index is 10.6. The number of nitrogens with one attached hydrogen (secondary N) is 1. The smallest absolute Gasteiger partial charge is 0.221 e. The second-order valence-electron chi connectivity index (χ2n) is 2.54. The highest BCUT2D eigenvalue weighted by atomic mass is 16.3. The molecule has 0 aromatic heterocycles. The predicted molar refractivity (Wildman–Crippen MR) is 45.7 cm³/mol. The lowest BCUT2D eigenvalue weighted by molar-refractivity contribution is -0.114. The van der Waals surface area contributed by atoms with Crippen molar-refractivity contribution in [3.63, 3.8) is 0 Å². The molecule has 0 radical (unpaired) electrons. The van der Waals surface area contributed by atoms with Gasteiger partial charge in [0.2, 0.25) is 5.91 Å². The van der Waals surface area contributed by atoms with E-state index in [2.05, 4.69) is 5.32 Å². The van der Waals surface area contributed by atoms with Gasteiger partial charge in [0, 0.05) is 24.7 Å². The Morgan fingerprint density at radius 1 is 1.23 bits per heavy atom. The van der Waals surface area contributed by atoms with Crippen LogP contribution in [0.2, 0.25) is 0 Å². The maximum Gasteiger partial charge on any atom is 0.221 e. The second-order valence-corrected chi connectivity index (χ2v) is 2.54. The SMILES string of the molecule is CC(=O)Nc1cc(O)c(O)c(O)c1. The first-order chi connectivity index (χ1) is 6.00. The summed E-state index contributed by atoms with van der Waals surface area (Å²) in [7, 11) is 0. The van der Waals surface area contributed by atoms with E-state index in [0.29, 0.717) is 0 Å². The molecular formula is C8H9NO4. The van der Waals surface area contributed by atoms with Crippen LogP contribution in [-0.2, 0) is 4.79 Å². The predicted octanol–water partition coefficient (Wildman–Crippen LogP) is 0.762. The minimum Gasteiger partial charge on any atom is -0.504 e. The van der Waals surface area contributed by atoms with Crippen LogP contribution in [0.5, 0.6) is 17.2 Å². The van der Waals surface area contributed by atoms with E-state index in [0.717, 1.165) is 12.1 Å². The van der Waals surface area contributed by atoms with Crippen molar-refractivity contribution in [2.24, 2.45) is 0 Å². The van der Waals surface area contributed by atoms with Gasteiger partial charge in [0.05, 0.1) is 0 Å². The molecule has 0 spiro atoms. The van der Waals surface area contributed by atoms with Crippen LogP contribution in [0.1, 0.15) is 6.92 Å². The summed E-state index contributed by atoms with van der Waals surface area (Å²) in [4.78, 5) is 10.6. The Labute approximate surface area is 74.3 Å². The van der Waals surface area contributed by atoms with Crippen LogP contribution in [0.4, 0.5) is 5.69 Å². The van der Waals surface area contributed by atoms with Crippen LogP contribution >= 0.6 is 0 Å². The number of carbonyl (C=O) groups is 1. The largest absolute Gasteiger partial charge is 0.504 e. The maximum absolute atomic E-state index is 10.6. The molecule has 0 unspecified atom stereocenters. The van der Waals surface area contributed by atoms with Crippen molar-refractivity contribution in [3.05, 3.63) is 12.1 Å². The number of rotatable bonds is 1. The van der Waals surface area contributed by atoms with Gasteiger partial charge >= 0.3 is 0 Å². The average molecular weight is 183 g/mol. The Bertz CT molecular complexity index is 325. The van der Waals surface area contributed by atoms with Gasteiger partial charge in [-0.05, 0) is 0 Å². The molecule has 1 amide bonds. The Hall–Kier alpha value is -1.91. The highest BCUT2D eigenvalue weighted by molar-refractivity contribution is 5.89. The van der Waals surface area contributed by atoms with Gasteiger partial charge < -0.3 is 20.6 Å². The summed E-state index contributed by atoms with van der Waals surface area (Å²) in [5.74, 6) is -1.90. The van der Waals surface area contributed by atoms with E-state index in [4.69, 9.17) is 15.3 Å². The van der Waals surface area contributed by atoms with Crippen LogP contribution in [-0.4, -0.2) is 21.2 Å². The van der Waals surface area contributed by atoms with Gasteiger partial charge in [-0.3, -0.25) is 4.79 Å². The number of anilines is 1. The molecule has 0 atom stereocenters. The lowest BCUT2D eigenvalue weighted by Crippen LogP contribution is -2.05. The van der Waals surface area contributed by atoms with Crippen LogP contribution in [0, 0.1) is 0 Å². The van der Waals surface area contributed by atoms with Crippen molar-refractivity contribution in [1.29, 1.82) is 0 Å². The van der Waals surface area contributed by atoms with E-state index in [1.165, 1.54) is 6.92 Å². The third-order valence-electron chi connectivity index (χ3n) is 1.39. The molecule has 1 aromatic rings. The molecule has 0 saturated heterocycles. The van der Waals surface area contributed by atoms with Crippen LogP contribution in [0.15, 0.2) is 12.1 Å². The minimum atomic E-state index is -0.603. The van der Waals surface area contributed by atoms with Crippen molar-refractivity contribution < 1.29 is 20.1 Å². The summed E-state index contributed by atoms with van der Waals surface area (Å²) in [6, 6.07) is 2.27. The molecule has 5 nitrogen and oxygen atoms in total. The van der Waals surface area contributed by atoms with E-state index >= 15 is 0 Å². The molecule has 0 saturated carbocycles.